The van der Waals surface area contributed by atoms with Gasteiger partial charge in [-0.2, -0.15) is 0 Å². The minimum absolute atomic E-state index is 0.166. The molecule has 4 nitrogen and oxygen atoms in total. The Morgan fingerprint density at radius 1 is 1.22 bits per heavy atom. The topological polar surface area (TPSA) is 43.6 Å². The lowest BCUT2D eigenvalue weighted by Crippen LogP contribution is -2.19. The first-order chi connectivity index (χ1) is 11.2. The molecule has 3 aromatic rings. The number of aromatic nitrogens is 4. The average Bonchev–Trinajstić information content (AvgIpc) is 2.98. The SMILES string of the molecule is Cc1cc(F)cc(C2CCn3nc(-c4ccccn4)nc3C2)c1. The Morgan fingerprint density at radius 2 is 2.13 bits per heavy atom. The predicted molar refractivity (Wildman–Crippen MR) is 85.5 cm³/mol. The molecule has 0 spiro atoms. The molecule has 1 atom stereocenters. The number of nitrogens with zero attached hydrogens (tertiary/aromatic N) is 4. The van der Waals surface area contributed by atoms with E-state index in [4.69, 9.17) is 0 Å². The second-order valence-corrected chi connectivity index (χ2v) is 6.04. The van der Waals surface area contributed by atoms with Gasteiger partial charge in [-0.05, 0) is 54.7 Å². The zero-order chi connectivity index (χ0) is 15.8. The van der Waals surface area contributed by atoms with E-state index in [9.17, 15) is 4.39 Å². The van der Waals surface area contributed by atoms with Gasteiger partial charge in [-0.1, -0.05) is 12.1 Å². The maximum absolute atomic E-state index is 13.7. The molecule has 0 saturated carbocycles. The van der Waals surface area contributed by atoms with Crippen LogP contribution < -0.4 is 0 Å². The summed E-state index contributed by atoms with van der Waals surface area (Å²) in [6, 6.07) is 11.0. The van der Waals surface area contributed by atoms with Gasteiger partial charge in [0.15, 0.2) is 5.82 Å². The van der Waals surface area contributed by atoms with Gasteiger partial charge in [0, 0.05) is 19.2 Å². The molecule has 1 aliphatic rings. The summed E-state index contributed by atoms with van der Waals surface area (Å²) >= 11 is 0. The van der Waals surface area contributed by atoms with Crippen molar-refractivity contribution in [3.63, 3.8) is 0 Å². The Bertz CT molecular complexity index is 821. The molecule has 1 aliphatic heterocycles. The maximum atomic E-state index is 13.7. The lowest BCUT2D eigenvalue weighted by Gasteiger charge is -2.22. The van der Waals surface area contributed by atoms with Gasteiger partial charge in [0.2, 0.25) is 0 Å². The molecule has 23 heavy (non-hydrogen) atoms. The number of halogens is 1. The predicted octanol–water partition coefficient (Wildman–Crippen LogP) is 3.52. The lowest BCUT2D eigenvalue weighted by atomic mass is 9.89. The molecule has 0 fully saturated rings. The first kappa shape index (κ1) is 14.1. The molecule has 0 saturated heterocycles. The highest BCUT2D eigenvalue weighted by atomic mass is 19.1. The number of hydrogen-bond donors (Lipinski definition) is 0. The molecule has 0 N–H and O–H groups in total. The van der Waals surface area contributed by atoms with Crippen LogP contribution >= 0.6 is 0 Å². The van der Waals surface area contributed by atoms with Crippen LogP contribution in [0.15, 0.2) is 42.6 Å². The summed E-state index contributed by atoms with van der Waals surface area (Å²) in [7, 11) is 0. The molecule has 2 aromatic heterocycles. The smallest absolute Gasteiger partial charge is 0.200 e. The third-order valence-corrected chi connectivity index (χ3v) is 4.30. The van der Waals surface area contributed by atoms with Crippen LogP contribution in [-0.2, 0) is 13.0 Å². The highest BCUT2D eigenvalue weighted by Crippen LogP contribution is 2.30. The lowest BCUT2D eigenvalue weighted by molar-refractivity contribution is 0.433. The van der Waals surface area contributed by atoms with Gasteiger partial charge in [-0.25, -0.2) is 14.1 Å². The monoisotopic (exact) mass is 308 g/mol. The molecule has 1 unspecified atom stereocenters. The summed E-state index contributed by atoms with van der Waals surface area (Å²) < 4.78 is 15.6. The maximum Gasteiger partial charge on any atom is 0.200 e. The van der Waals surface area contributed by atoms with Crippen molar-refractivity contribution in [2.24, 2.45) is 0 Å². The van der Waals surface area contributed by atoms with Crippen LogP contribution in [0.1, 0.15) is 29.3 Å². The second kappa shape index (κ2) is 5.57. The van der Waals surface area contributed by atoms with E-state index in [1.54, 1.807) is 18.3 Å². The number of benzene rings is 1. The van der Waals surface area contributed by atoms with E-state index in [1.807, 2.05) is 29.8 Å². The van der Waals surface area contributed by atoms with Gasteiger partial charge in [0.05, 0.1) is 0 Å². The molecule has 1 aromatic carbocycles. The van der Waals surface area contributed by atoms with E-state index in [0.29, 0.717) is 5.82 Å². The van der Waals surface area contributed by atoms with Gasteiger partial charge in [-0.15, -0.1) is 5.10 Å². The van der Waals surface area contributed by atoms with Gasteiger partial charge in [-0.3, -0.25) is 4.98 Å². The molecule has 0 amide bonds. The standard InChI is InChI=1S/C18H17FN4/c1-12-8-14(10-15(19)9-12)13-5-7-23-17(11-13)21-18(22-23)16-4-2-3-6-20-16/h2-4,6,8-10,13H,5,7,11H2,1H3. The molecule has 116 valence electrons. The van der Waals surface area contributed by atoms with Gasteiger partial charge in [0.25, 0.3) is 0 Å². The van der Waals surface area contributed by atoms with Crippen molar-refractivity contribution in [1.29, 1.82) is 0 Å². The second-order valence-electron chi connectivity index (χ2n) is 6.04. The van der Waals surface area contributed by atoms with E-state index in [-0.39, 0.29) is 11.7 Å². The van der Waals surface area contributed by atoms with Crippen molar-refractivity contribution < 1.29 is 4.39 Å². The Morgan fingerprint density at radius 3 is 2.91 bits per heavy atom. The van der Waals surface area contributed by atoms with Crippen molar-refractivity contribution in [3.8, 4) is 11.5 Å². The first-order valence-corrected chi connectivity index (χ1v) is 7.81. The highest BCUT2D eigenvalue weighted by Gasteiger charge is 2.24. The Hall–Kier alpha value is -2.56. The molecular weight excluding hydrogens is 291 g/mol. The molecular formula is C18H17FN4. The van der Waals surface area contributed by atoms with Crippen LogP contribution in [0.2, 0.25) is 0 Å². The summed E-state index contributed by atoms with van der Waals surface area (Å²) in [5.41, 5.74) is 2.80. The summed E-state index contributed by atoms with van der Waals surface area (Å²) in [6.45, 7) is 2.73. The van der Waals surface area contributed by atoms with Gasteiger partial charge >= 0.3 is 0 Å². The number of aryl methyl sites for hydroxylation is 2. The van der Waals surface area contributed by atoms with E-state index >= 15 is 0 Å². The van der Waals surface area contributed by atoms with E-state index < -0.39 is 0 Å². The Labute approximate surface area is 134 Å². The normalized spacial score (nSPS) is 17.0. The Balaban J connectivity index is 1.63. The van der Waals surface area contributed by atoms with E-state index in [1.165, 1.54) is 0 Å². The minimum atomic E-state index is -0.166. The quantitative estimate of drug-likeness (QED) is 0.727. The van der Waals surface area contributed by atoms with Crippen molar-refractivity contribution in [3.05, 3.63) is 65.4 Å². The van der Waals surface area contributed by atoms with Gasteiger partial charge in [0.1, 0.15) is 17.3 Å². The van der Waals surface area contributed by atoms with Crippen molar-refractivity contribution in [1.82, 2.24) is 19.7 Å². The zero-order valence-corrected chi connectivity index (χ0v) is 12.9. The van der Waals surface area contributed by atoms with Crippen molar-refractivity contribution in [2.45, 2.75) is 32.2 Å². The number of rotatable bonds is 2. The molecule has 0 radical (unpaired) electrons. The fourth-order valence-electron chi connectivity index (χ4n) is 3.19. The number of pyridine rings is 1. The molecule has 5 heteroatoms. The van der Waals surface area contributed by atoms with Crippen LogP contribution in [0, 0.1) is 12.7 Å². The van der Waals surface area contributed by atoms with Crippen molar-refractivity contribution in [2.75, 3.05) is 0 Å². The fourth-order valence-corrected chi connectivity index (χ4v) is 3.19. The van der Waals surface area contributed by atoms with E-state index in [0.717, 1.165) is 42.0 Å². The summed E-state index contributed by atoms with van der Waals surface area (Å²) in [4.78, 5) is 8.94. The van der Waals surface area contributed by atoms with Crippen LogP contribution in [0.25, 0.3) is 11.5 Å². The summed E-state index contributed by atoms with van der Waals surface area (Å²) in [5, 5.41) is 4.55. The molecule has 0 bridgehead atoms. The average molecular weight is 308 g/mol. The molecule has 4 rings (SSSR count). The largest absolute Gasteiger partial charge is 0.253 e. The minimum Gasteiger partial charge on any atom is -0.253 e. The fraction of sp³-hybridized carbons (Fsp3) is 0.278. The van der Waals surface area contributed by atoms with Crippen LogP contribution in [0.4, 0.5) is 4.39 Å². The van der Waals surface area contributed by atoms with E-state index in [2.05, 4.69) is 21.1 Å². The number of hydrogen-bond acceptors (Lipinski definition) is 3. The first-order valence-electron chi connectivity index (χ1n) is 7.81. The summed E-state index contributed by atoms with van der Waals surface area (Å²) in [6.07, 6.45) is 3.47. The van der Waals surface area contributed by atoms with Crippen LogP contribution in [-0.4, -0.2) is 19.7 Å². The number of fused-ring (bicyclic) bond motifs is 1. The van der Waals surface area contributed by atoms with Crippen LogP contribution in [0.3, 0.4) is 0 Å². The third-order valence-electron chi connectivity index (χ3n) is 4.30. The summed E-state index contributed by atoms with van der Waals surface area (Å²) in [5.74, 6) is 1.74. The molecule has 3 heterocycles. The third kappa shape index (κ3) is 2.74. The Kier molecular flexibility index (Phi) is 3.41. The van der Waals surface area contributed by atoms with Gasteiger partial charge < -0.3 is 0 Å². The van der Waals surface area contributed by atoms with Crippen LogP contribution in [0.5, 0.6) is 0 Å². The van der Waals surface area contributed by atoms with Crippen molar-refractivity contribution >= 4 is 0 Å². The highest BCUT2D eigenvalue weighted by molar-refractivity contribution is 5.48. The zero-order valence-electron chi connectivity index (χ0n) is 12.9. The molecule has 0 aliphatic carbocycles.